The number of hydrogen-bond acceptors (Lipinski definition) is 4. The van der Waals surface area contributed by atoms with E-state index in [2.05, 4.69) is 33.2 Å². The molecule has 1 unspecified atom stereocenters. The Morgan fingerprint density at radius 1 is 1.50 bits per heavy atom. The third-order valence-corrected chi connectivity index (χ3v) is 4.19. The lowest BCUT2D eigenvalue weighted by atomic mass is 10.1. The van der Waals surface area contributed by atoms with Crippen molar-refractivity contribution in [1.29, 1.82) is 0 Å². The summed E-state index contributed by atoms with van der Waals surface area (Å²) in [5.74, 6) is 0. The first kappa shape index (κ1) is 13.5. The molecule has 0 fully saturated rings. The predicted octanol–water partition coefficient (Wildman–Crippen LogP) is 3.73. The molecule has 0 amide bonds. The topological polar surface area (TPSA) is 50.9 Å². The van der Waals surface area contributed by atoms with Gasteiger partial charge in [0.05, 0.1) is 6.04 Å². The molecule has 0 aliphatic rings. The second kappa shape index (κ2) is 6.31. The highest BCUT2D eigenvalue weighted by Gasteiger charge is 2.11. The van der Waals surface area contributed by atoms with Crippen molar-refractivity contribution in [3.63, 3.8) is 0 Å². The smallest absolute Gasteiger partial charge is 0.109 e. The number of rotatable bonds is 5. The van der Waals surface area contributed by atoms with Crippen molar-refractivity contribution >= 4 is 33.0 Å². The zero-order valence-corrected chi connectivity index (χ0v) is 12.6. The summed E-state index contributed by atoms with van der Waals surface area (Å²) in [7, 11) is 0. The molecule has 0 bridgehead atoms. The van der Waals surface area contributed by atoms with Crippen LogP contribution in [0.1, 0.15) is 30.0 Å². The maximum atomic E-state index is 5.98. The van der Waals surface area contributed by atoms with Gasteiger partial charge in [0.1, 0.15) is 5.01 Å². The first-order valence-corrected chi connectivity index (χ1v) is 7.54. The van der Waals surface area contributed by atoms with E-state index in [1.54, 1.807) is 11.3 Å². The minimum Gasteiger partial charge on any atom is -0.398 e. The van der Waals surface area contributed by atoms with Gasteiger partial charge in [-0.05, 0) is 24.1 Å². The summed E-state index contributed by atoms with van der Waals surface area (Å²) in [5, 5.41) is 6.64. The molecule has 1 heterocycles. The summed E-state index contributed by atoms with van der Waals surface area (Å²) in [5.41, 5.74) is 7.91. The molecule has 2 rings (SSSR count). The number of hydrogen-bond donors (Lipinski definition) is 2. The van der Waals surface area contributed by atoms with Crippen LogP contribution in [0.5, 0.6) is 0 Å². The van der Waals surface area contributed by atoms with Crippen LogP contribution in [0.4, 0.5) is 5.69 Å². The average Bonchev–Trinajstić information content (AvgIpc) is 2.86. The minimum atomic E-state index is 0.299. The Hall–Kier alpha value is -0.910. The van der Waals surface area contributed by atoms with Crippen molar-refractivity contribution in [2.45, 2.75) is 25.9 Å². The number of nitrogens with zero attached hydrogens (tertiary/aromatic N) is 1. The van der Waals surface area contributed by atoms with Crippen molar-refractivity contribution < 1.29 is 0 Å². The Balaban J connectivity index is 2.02. The van der Waals surface area contributed by atoms with Gasteiger partial charge in [-0.15, -0.1) is 11.3 Å². The van der Waals surface area contributed by atoms with E-state index in [-0.39, 0.29) is 0 Å². The van der Waals surface area contributed by atoms with E-state index >= 15 is 0 Å². The molecule has 0 aliphatic carbocycles. The molecule has 0 saturated heterocycles. The Morgan fingerprint density at radius 3 is 2.94 bits per heavy atom. The maximum Gasteiger partial charge on any atom is 0.109 e. The molecular formula is C13H16BrN3S. The second-order valence-electron chi connectivity index (χ2n) is 4.06. The number of nitrogens with two attached hydrogens (primary N) is 1. The van der Waals surface area contributed by atoms with Gasteiger partial charge >= 0.3 is 0 Å². The molecule has 2 aromatic rings. The van der Waals surface area contributed by atoms with Gasteiger partial charge in [-0.2, -0.15) is 0 Å². The zero-order chi connectivity index (χ0) is 13.0. The number of anilines is 1. The Labute approximate surface area is 120 Å². The van der Waals surface area contributed by atoms with Crippen molar-refractivity contribution in [3.05, 3.63) is 44.8 Å². The lowest BCUT2D eigenvalue weighted by Crippen LogP contribution is -2.20. The van der Waals surface area contributed by atoms with E-state index in [1.807, 2.05) is 29.8 Å². The van der Waals surface area contributed by atoms with Gasteiger partial charge in [-0.3, -0.25) is 0 Å². The molecule has 0 saturated carbocycles. The molecule has 1 aromatic heterocycles. The van der Waals surface area contributed by atoms with E-state index in [0.29, 0.717) is 6.04 Å². The third kappa shape index (κ3) is 3.31. The number of halogens is 1. The molecule has 1 aromatic carbocycles. The van der Waals surface area contributed by atoms with Crippen LogP contribution in [0, 0.1) is 0 Å². The second-order valence-corrected chi connectivity index (χ2v) is 5.90. The molecule has 0 aliphatic heterocycles. The van der Waals surface area contributed by atoms with Crippen LogP contribution in [-0.2, 0) is 6.54 Å². The standard InChI is InChI=1S/C13H16BrN3S/c1-2-12(13-16-5-6-18-13)17-8-9-3-4-10(14)7-11(9)15/h3-7,12,17H,2,8,15H2,1H3. The lowest BCUT2D eigenvalue weighted by molar-refractivity contribution is 0.517. The van der Waals surface area contributed by atoms with Crippen LogP contribution in [-0.4, -0.2) is 4.98 Å². The Morgan fingerprint density at radius 2 is 2.33 bits per heavy atom. The van der Waals surface area contributed by atoms with Gasteiger partial charge in [0, 0.05) is 28.3 Å². The molecule has 3 N–H and O–H groups in total. The van der Waals surface area contributed by atoms with Crippen molar-refractivity contribution in [3.8, 4) is 0 Å². The van der Waals surface area contributed by atoms with E-state index in [9.17, 15) is 0 Å². The molecule has 18 heavy (non-hydrogen) atoms. The number of nitrogens with one attached hydrogen (secondary N) is 1. The van der Waals surface area contributed by atoms with Gasteiger partial charge in [-0.1, -0.05) is 28.9 Å². The van der Waals surface area contributed by atoms with Gasteiger partial charge in [-0.25, -0.2) is 4.98 Å². The zero-order valence-electron chi connectivity index (χ0n) is 10.2. The van der Waals surface area contributed by atoms with Gasteiger partial charge < -0.3 is 11.1 Å². The van der Waals surface area contributed by atoms with Crippen LogP contribution in [0.15, 0.2) is 34.2 Å². The molecule has 0 spiro atoms. The highest BCUT2D eigenvalue weighted by atomic mass is 79.9. The largest absolute Gasteiger partial charge is 0.398 e. The van der Waals surface area contributed by atoms with Crippen LogP contribution in [0.3, 0.4) is 0 Å². The summed E-state index contributed by atoms with van der Waals surface area (Å²) in [6.07, 6.45) is 2.86. The van der Waals surface area contributed by atoms with Gasteiger partial charge in [0.2, 0.25) is 0 Å². The molecule has 1 atom stereocenters. The fraction of sp³-hybridized carbons (Fsp3) is 0.308. The first-order valence-electron chi connectivity index (χ1n) is 5.87. The third-order valence-electron chi connectivity index (χ3n) is 2.80. The average molecular weight is 326 g/mol. The normalized spacial score (nSPS) is 12.6. The highest BCUT2D eigenvalue weighted by molar-refractivity contribution is 9.10. The summed E-state index contributed by atoms with van der Waals surface area (Å²) < 4.78 is 1.01. The Bertz CT molecular complexity index is 499. The van der Waals surface area contributed by atoms with Crippen LogP contribution < -0.4 is 11.1 Å². The molecule has 0 radical (unpaired) electrons. The van der Waals surface area contributed by atoms with Crippen molar-refractivity contribution in [1.82, 2.24) is 10.3 Å². The number of aromatic nitrogens is 1. The van der Waals surface area contributed by atoms with Crippen LogP contribution >= 0.6 is 27.3 Å². The van der Waals surface area contributed by atoms with E-state index < -0.39 is 0 Å². The van der Waals surface area contributed by atoms with E-state index in [0.717, 1.165) is 33.7 Å². The SMILES string of the molecule is CCC(NCc1ccc(Br)cc1N)c1nccs1. The Kier molecular flexibility index (Phi) is 4.74. The summed E-state index contributed by atoms with van der Waals surface area (Å²) in [6, 6.07) is 6.29. The predicted molar refractivity (Wildman–Crippen MR) is 80.5 cm³/mol. The first-order chi connectivity index (χ1) is 8.70. The molecule has 5 heteroatoms. The van der Waals surface area contributed by atoms with Gasteiger partial charge in [0.25, 0.3) is 0 Å². The summed E-state index contributed by atoms with van der Waals surface area (Å²) in [4.78, 5) is 4.35. The van der Waals surface area contributed by atoms with Crippen LogP contribution in [0.25, 0.3) is 0 Å². The highest BCUT2D eigenvalue weighted by Crippen LogP contribution is 2.22. The van der Waals surface area contributed by atoms with E-state index in [1.165, 1.54) is 0 Å². The summed E-state index contributed by atoms with van der Waals surface area (Å²) >= 11 is 5.10. The van der Waals surface area contributed by atoms with Crippen molar-refractivity contribution in [2.75, 3.05) is 5.73 Å². The van der Waals surface area contributed by atoms with Gasteiger partial charge in [0.15, 0.2) is 0 Å². The quantitative estimate of drug-likeness (QED) is 0.823. The number of nitrogen functional groups attached to an aromatic ring is 1. The van der Waals surface area contributed by atoms with Crippen LogP contribution in [0.2, 0.25) is 0 Å². The monoisotopic (exact) mass is 325 g/mol. The molecular weight excluding hydrogens is 310 g/mol. The molecule has 3 nitrogen and oxygen atoms in total. The number of benzene rings is 1. The molecule has 96 valence electrons. The number of thiazole rings is 1. The minimum absolute atomic E-state index is 0.299. The summed E-state index contributed by atoms with van der Waals surface area (Å²) in [6.45, 7) is 2.92. The maximum absolute atomic E-state index is 5.98. The fourth-order valence-corrected chi connectivity index (χ4v) is 2.95. The fourth-order valence-electron chi connectivity index (χ4n) is 1.77. The van der Waals surface area contributed by atoms with Crippen molar-refractivity contribution in [2.24, 2.45) is 0 Å². The van der Waals surface area contributed by atoms with E-state index in [4.69, 9.17) is 5.73 Å². The lowest BCUT2D eigenvalue weighted by Gasteiger charge is -2.15.